The fraction of sp³-hybridized carbons (Fsp3) is 0.625. The number of nitrogens with zero attached hydrogens (tertiary/aromatic N) is 2. The van der Waals surface area contributed by atoms with Gasteiger partial charge < -0.3 is 4.90 Å². The van der Waals surface area contributed by atoms with Crippen molar-refractivity contribution in [1.29, 1.82) is 0 Å². The summed E-state index contributed by atoms with van der Waals surface area (Å²) in [6, 6.07) is -0.0665. The first-order chi connectivity index (χ1) is 5.67. The maximum Gasteiger partial charge on any atom is 0.330 e. The molecule has 0 aliphatic carbocycles. The smallest absolute Gasteiger partial charge is 0.324 e. The monoisotopic (exact) mass is 188 g/mol. The molecule has 2 amide bonds. The minimum Gasteiger partial charge on any atom is -0.324 e. The quantitative estimate of drug-likeness (QED) is 0.527. The Hall–Kier alpha value is -0.640. The molecule has 0 atom stereocenters. The van der Waals surface area contributed by atoms with E-state index in [4.69, 9.17) is 0 Å². The second-order valence-electron chi connectivity index (χ2n) is 2.33. The van der Waals surface area contributed by atoms with Gasteiger partial charge in [-0.3, -0.25) is 4.31 Å². The van der Waals surface area contributed by atoms with Crippen LogP contribution >= 0.6 is 12.8 Å². The molecule has 0 aromatic rings. The summed E-state index contributed by atoms with van der Waals surface area (Å²) in [7, 11) is 0. The standard InChI is InChI=1S/C8H16N2OS/c1-4-7-10(12)8(11)9(5-2)6-3/h4,12H,1,5-7H2,2-3H3. The lowest BCUT2D eigenvalue weighted by atomic mass is 10.5. The van der Waals surface area contributed by atoms with E-state index in [2.05, 4.69) is 19.4 Å². The molecule has 12 heavy (non-hydrogen) atoms. The molecule has 0 unspecified atom stereocenters. The van der Waals surface area contributed by atoms with Crippen LogP contribution < -0.4 is 0 Å². The van der Waals surface area contributed by atoms with E-state index >= 15 is 0 Å². The van der Waals surface area contributed by atoms with Crippen LogP contribution in [0.25, 0.3) is 0 Å². The third-order valence-electron chi connectivity index (χ3n) is 1.56. The molecule has 0 radical (unpaired) electrons. The van der Waals surface area contributed by atoms with Crippen LogP contribution in [0.15, 0.2) is 12.7 Å². The van der Waals surface area contributed by atoms with Gasteiger partial charge in [0.2, 0.25) is 0 Å². The van der Waals surface area contributed by atoms with E-state index in [1.165, 1.54) is 4.31 Å². The van der Waals surface area contributed by atoms with E-state index in [0.29, 0.717) is 19.6 Å². The average molecular weight is 188 g/mol. The van der Waals surface area contributed by atoms with Gasteiger partial charge in [-0.05, 0) is 13.8 Å². The lowest BCUT2D eigenvalue weighted by molar-refractivity contribution is 0.189. The van der Waals surface area contributed by atoms with Crippen molar-refractivity contribution in [1.82, 2.24) is 9.21 Å². The zero-order valence-corrected chi connectivity index (χ0v) is 8.55. The van der Waals surface area contributed by atoms with Crippen molar-refractivity contribution in [3.05, 3.63) is 12.7 Å². The summed E-state index contributed by atoms with van der Waals surface area (Å²) in [5, 5.41) is 0. The van der Waals surface area contributed by atoms with Crippen molar-refractivity contribution < 1.29 is 4.79 Å². The van der Waals surface area contributed by atoms with E-state index in [1.54, 1.807) is 11.0 Å². The Labute approximate surface area is 79.6 Å². The van der Waals surface area contributed by atoms with Crippen LogP contribution in [0.1, 0.15) is 13.8 Å². The Morgan fingerprint density at radius 2 is 2.00 bits per heavy atom. The zero-order valence-electron chi connectivity index (χ0n) is 7.66. The lowest BCUT2D eigenvalue weighted by Crippen LogP contribution is -2.38. The summed E-state index contributed by atoms with van der Waals surface area (Å²) in [5.41, 5.74) is 0. The molecule has 0 saturated heterocycles. The van der Waals surface area contributed by atoms with Gasteiger partial charge in [-0.15, -0.1) is 6.58 Å². The second kappa shape index (κ2) is 5.94. The molecular formula is C8H16N2OS. The Balaban J connectivity index is 4.05. The molecule has 4 heteroatoms. The van der Waals surface area contributed by atoms with E-state index in [0.717, 1.165) is 0 Å². The van der Waals surface area contributed by atoms with Crippen molar-refractivity contribution in [3.8, 4) is 0 Å². The van der Waals surface area contributed by atoms with Crippen LogP contribution in [0.3, 0.4) is 0 Å². The first-order valence-corrected chi connectivity index (χ1v) is 4.43. The highest BCUT2D eigenvalue weighted by Crippen LogP contribution is 2.01. The number of thiol groups is 1. The maximum atomic E-state index is 11.4. The third-order valence-corrected chi connectivity index (χ3v) is 1.89. The normalized spacial score (nSPS) is 9.25. The minimum absolute atomic E-state index is 0.0665. The number of urea groups is 1. The largest absolute Gasteiger partial charge is 0.330 e. The lowest BCUT2D eigenvalue weighted by Gasteiger charge is -2.23. The van der Waals surface area contributed by atoms with Crippen LogP contribution in [0.4, 0.5) is 4.79 Å². The Morgan fingerprint density at radius 1 is 1.50 bits per heavy atom. The zero-order chi connectivity index (χ0) is 9.56. The molecule has 0 aliphatic heterocycles. The van der Waals surface area contributed by atoms with Gasteiger partial charge in [-0.1, -0.05) is 18.9 Å². The molecule has 0 rings (SSSR count). The van der Waals surface area contributed by atoms with Crippen LogP contribution in [0.5, 0.6) is 0 Å². The minimum atomic E-state index is -0.0665. The van der Waals surface area contributed by atoms with Crippen molar-refractivity contribution in [2.75, 3.05) is 19.6 Å². The van der Waals surface area contributed by atoms with E-state index in [9.17, 15) is 4.79 Å². The predicted molar refractivity (Wildman–Crippen MR) is 54.2 cm³/mol. The number of hydrogen-bond donors (Lipinski definition) is 1. The van der Waals surface area contributed by atoms with Gasteiger partial charge in [0.1, 0.15) is 0 Å². The molecule has 0 bridgehead atoms. The fourth-order valence-corrected chi connectivity index (χ4v) is 1.10. The molecule has 0 aromatic carbocycles. The first-order valence-electron chi connectivity index (χ1n) is 4.03. The molecule has 0 N–H and O–H groups in total. The number of rotatable bonds is 4. The maximum absolute atomic E-state index is 11.4. The molecule has 0 heterocycles. The van der Waals surface area contributed by atoms with Crippen LogP contribution in [0, 0.1) is 0 Å². The topological polar surface area (TPSA) is 23.6 Å². The van der Waals surface area contributed by atoms with Crippen LogP contribution in [-0.2, 0) is 0 Å². The van der Waals surface area contributed by atoms with Gasteiger partial charge >= 0.3 is 6.03 Å². The molecule has 0 aromatic heterocycles. The fourth-order valence-electron chi connectivity index (χ4n) is 0.858. The summed E-state index contributed by atoms with van der Waals surface area (Å²) in [4.78, 5) is 13.1. The Bertz CT molecular complexity index is 157. The Morgan fingerprint density at radius 3 is 2.33 bits per heavy atom. The molecule has 3 nitrogen and oxygen atoms in total. The number of carbonyl (C=O) groups excluding carboxylic acids is 1. The summed E-state index contributed by atoms with van der Waals surface area (Å²) in [6.07, 6.45) is 1.65. The summed E-state index contributed by atoms with van der Waals surface area (Å²) in [6.45, 7) is 9.31. The van der Waals surface area contributed by atoms with Gasteiger partial charge in [-0.2, -0.15) is 0 Å². The van der Waals surface area contributed by atoms with E-state index in [-0.39, 0.29) is 6.03 Å². The van der Waals surface area contributed by atoms with Crippen molar-refractivity contribution >= 4 is 18.8 Å². The van der Waals surface area contributed by atoms with Gasteiger partial charge in [0.25, 0.3) is 0 Å². The van der Waals surface area contributed by atoms with Gasteiger partial charge in [-0.25, -0.2) is 4.79 Å². The summed E-state index contributed by atoms with van der Waals surface area (Å²) in [5.74, 6) is 0. The summed E-state index contributed by atoms with van der Waals surface area (Å²) >= 11 is 4.02. The van der Waals surface area contributed by atoms with Gasteiger partial charge in [0, 0.05) is 13.1 Å². The molecular weight excluding hydrogens is 172 g/mol. The van der Waals surface area contributed by atoms with Gasteiger partial charge in [0.05, 0.1) is 6.54 Å². The third kappa shape index (κ3) is 3.17. The Kier molecular flexibility index (Phi) is 5.62. The van der Waals surface area contributed by atoms with Crippen molar-refractivity contribution in [2.24, 2.45) is 0 Å². The average Bonchev–Trinajstić information content (AvgIpc) is 2.07. The number of hydrogen-bond acceptors (Lipinski definition) is 2. The SMILES string of the molecule is C=CCN(S)C(=O)N(CC)CC. The number of amides is 2. The highest BCUT2D eigenvalue weighted by molar-refractivity contribution is 7.78. The number of carbonyl (C=O) groups is 1. The van der Waals surface area contributed by atoms with Crippen LogP contribution in [0.2, 0.25) is 0 Å². The van der Waals surface area contributed by atoms with Crippen molar-refractivity contribution in [2.45, 2.75) is 13.8 Å². The molecule has 0 saturated carbocycles. The molecule has 0 spiro atoms. The van der Waals surface area contributed by atoms with Crippen LogP contribution in [-0.4, -0.2) is 34.9 Å². The predicted octanol–water partition coefficient (Wildman–Crippen LogP) is 1.78. The highest BCUT2D eigenvalue weighted by Gasteiger charge is 2.13. The van der Waals surface area contributed by atoms with Gasteiger partial charge in [0.15, 0.2) is 0 Å². The highest BCUT2D eigenvalue weighted by atomic mass is 32.1. The second-order valence-corrected chi connectivity index (χ2v) is 2.81. The first kappa shape index (κ1) is 11.4. The summed E-state index contributed by atoms with van der Waals surface area (Å²) < 4.78 is 1.35. The van der Waals surface area contributed by atoms with E-state index in [1.807, 2.05) is 13.8 Å². The molecule has 0 fully saturated rings. The van der Waals surface area contributed by atoms with Crippen molar-refractivity contribution in [3.63, 3.8) is 0 Å². The molecule has 0 aliphatic rings. The molecule has 70 valence electrons. The van der Waals surface area contributed by atoms with E-state index < -0.39 is 0 Å².